The predicted molar refractivity (Wildman–Crippen MR) is 73.4 cm³/mol. The average Bonchev–Trinajstić information content (AvgIpc) is 2.30. The van der Waals surface area contributed by atoms with Gasteiger partial charge in [0.15, 0.2) is 0 Å². The molecule has 0 aromatic heterocycles. The monoisotopic (exact) mass is 283 g/mol. The first kappa shape index (κ1) is 13.3. The van der Waals surface area contributed by atoms with Crippen LogP contribution in [0.2, 0.25) is 10.0 Å². The zero-order chi connectivity index (χ0) is 13.0. The maximum Gasteiger partial charge on any atom is 0.125 e. The van der Waals surface area contributed by atoms with E-state index in [0.717, 1.165) is 16.1 Å². The molecule has 0 unspecified atom stereocenters. The molecule has 2 aromatic rings. The van der Waals surface area contributed by atoms with Crippen molar-refractivity contribution in [1.29, 1.82) is 0 Å². The lowest BCUT2D eigenvalue weighted by molar-refractivity contribution is 0.620. The van der Waals surface area contributed by atoms with Crippen molar-refractivity contribution >= 4 is 23.2 Å². The van der Waals surface area contributed by atoms with Crippen LogP contribution < -0.4 is 5.32 Å². The number of benzene rings is 2. The van der Waals surface area contributed by atoms with E-state index < -0.39 is 0 Å². The van der Waals surface area contributed by atoms with E-state index in [1.54, 1.807) is 6.07 Å². The lowest BCUT2D eigenvalue weighted by Crippen LogP contribution is -2.13. The van der Waals surface area contributed by atoms with Crippen molar-refractivity contribution in [3.05, 3.63) is 69.5 Å². The van der Waals surface area contributed by atoms with Crippen LogP contribution in [0.4, 0.5) is 4.39 Å². The third-order valence-electron chi connectivity index (χ3n) is 2.52. The van der Waals surface area contributed by atoms with Gasteiger partial charge in [0, 0.05) is 23.1 Å². The molecule has 1 N–H and O–H groups in total. The smallest absolute Gasteiger partial charge is 0.125 e. The largest absolute Gasteiger partial charge is 0.309 e. The third-order valence-corrected chi connectivity index (χ3v) is 3.11. The Labute approximate surface area is 116 Å². The lowest BCUT2D eigenvalue weighted by Gasteiger charge is -2.07. The SMILES string of the molecule is Fc1cc(Cl)cc(CNCc2ccccc2Cl)c1. The molecule has 0 fully saturated rings. The van der Waals surface area contributed by atoms with Crippen LogP contribution in [0, 0.1) is 5.82 Å². The van der Waals surface area contributed by atoms with E-state index in [-0.39, 0.29) is 5.82 Å². The van der Waals surface area contributed by atoms with E-state index in [4.69, 9.17) is 23.2 Å². The summed E-state index contributed by atoms with van der Waals surface area (Å²) in [7, 11) is 0. The molecule has 0 bridgehead atoms. The Morgan fingerprint density at radius 3 is 2.50 bits per heavy atom. The second-order valence-electron chi connectivity index (χ2n) is 3.97. The summed E-state index contributed by atoms with van der Waals surface area (Å²) in [5, 5.41) is 4.33. The zero-order valence-electron chi connectivity index (χ0n) is 9.59. The van der Waals surface area contributed by atoms with E-state index in [9.17, 15) is 4.39 Å². The van der Waals surface area contributed by atoms with Crippen molar-refractivity contribution in [2.75, 3.05) is 0 Å². The highest BCUT2D eigenvalue weighted by Crippen LogP contribution is 2.16. The van der Waals surface area contributed by atoms with Crippen molar-refractivity contribution in [3.8, 4) is 0 Å². The number of hydrogen-bond acceptors (Lipinski definition) is 1. The molecule has 0 saturated carbocycles. The molecule has 0 spiro atoms. The van der Waals surface area contributed by atoms with Gasteiger partial charge in [-0.3, -0.25) is 0 Å². The molecular weight excluding hydrogens is 272 g/mol. The Morgan fingerprint density at radius 2 is 1.78 bits per heavy atom. The number of halogens is 3. The minimum atomic E-state index is -0.322. The first-order chi connectivity index (χ1) is 8.65. The molecular formula is C14H12Cl2FN. The van der Waals surface area contributed by atoms with Crippen LogP contribution >= 0.6 is 23.2 Å². The van der Waals surface area contributed by atoms with Crippen molar-refractivity contribution < 1.29 is 4.39 Å². The van der Waals surface area contributed by atoms with E-state index in [2.05, 4.69) is 5.32 Å². The van der Waals surface area contributed by atoms with Crippen LogP contribution in [0.3, 0.4) is 0 Å². The van der Waals surface area contributed by atoms with Crippen molar-refractivity contribution in [2.24, 2.45) is 0 Å². The Hall–Kier alpha value is -1.09. The van der Waals surface area contributed by atoms with Gasteiger partial charge in [0.05, 0.1) is 0 Å². The van der Waals surface area contributed by atoms with Crippen molar-refractivity contribution in [2.45, 2.75) is 13.1 Å². The summed E-state index contributed by atoms with van der Waals surface area (Å²) in [4.78, 5) is 0. The van der Waals surface area contributed by atoms with Gasteiger partial charge in [-0.05, 0) is 35.4 Å². The topological polar surface area (TPSA) is 12.0 Å². The quantitative estimate of drug-likeness (QED) is 0.876. The highest BCUT2D eigenvalue weighted by atomic mass is 35.5. The van der Waals surface area contributed by atoms with Gasteiger partial charge in [0.1, 0.15) is 5.82 Å². The molecule has 1 nitrogen and oxygen atoms in total. The van der Waals surface area contributed by atoms with E-state index in [0.29, 0.717) is 18.1 Å². The van der Waals surface area contributed by atoms with Crippen molar-refractivity contribution in [3.63, 3.8) is 0 Å². The highest BCUT2D eigenvalue weighted by Gasteiger charge is 2.01. The molecule has 0 atom stereocenters. The highest BCUT2D eigenvalue weighted by molar-refractivity contribution is 6.31. The molecule has 18 heavy (non-hydrogen) atoms. The summed E-state index contributed by atoms with van der Waals surface area (Å²) in [6, 6.07) is 12.1. The minimum Gasteiger partial charge on any atom is -0.309 e. The number of rotatable bonds is 4. The van der Waals surface area contributed by atoms with Crippen molar-refractivity contribution in [1.82, 2.24) is 5.32 Å². The van der Waals surface area contributed by atoms with Crippen LogP contribution in [0.25, 0.3) is 0 Å². The summed E-state index contributed by atoms with van der Waals surface area (Å²) < 4.78 is 13.1. The Bertz CT molecular complexity index is 523. The minimum absolute atomic E-state index is 0.322. The standard InChI is InChI=1S/C14H12Cl2FN/c15-12-5-10(6-13(17)7-12)8-18-9-11-3-1-2-4-14(11)16/h1-7,18H,8-9H2. The summed E-state index contributed by atoms with van der Waals surface area (Å²) >= 11 is 11.8. The summed E-state index contributed by atoms with van der Waals surface area (Å²) in [6.07, 6.45) is 0. The third kappa shape index (κ3) is 3.70. The van der Waals surface area contributed by atoms with Crippen LogP contribution in [0.5, 0.6) is 0 Å². The molecule has 0 aliphatic carbocycles. The van der Waals surface area contributed by atoms with Crippen LogP contribution in [-0.2, 0) is 13.1 Å². The van der Waals surface area contributed by atoms with Gasteiger partial charge in [-0.1, -0.05) is 41.4 Å². The predicted octanol–water partition coefficient (Wildman–Crippen LogP) is 4.42. The van der Waals surface area contributed by atoms with Crippen LogP contribution in [0.1, 0.15) is 11.1 Å². The molecule has 0 radical (unpaired) electrons. The normalized spacial score (nSPS) is 10.6. The summed E-state index contributed by atoms with van der Waals surface area (Å²) in [6.45, 7) is 1.18. The molecule has 0 aliphatic heterocycles. The second kappa shape index (κ2) is 6.19. The summed E-state index contributed by atoms with van der Waals surface area (Å²) in [5.41, 5.74) is 1.83. The van der Waals surface area contributed by atoms with Gasteiger partial charge in [-0.15, -0.1) is 0 Å². The molecule has 0 saturated heterocycles. The molecule has 0 heterocycles. The first-order valence-electron chi connectivity index (χ1n) is 5.54. The number of hydrogen-bond donors (Lipinski definition) is 1. The molecule has 4 heteroatoms. The Kier molecular flexibility index (Phi) is 4.59. The van der Waals surface area contributed by atoms with E-state index >= 15 is 0 Å². The molecule has 2 rings (SSSR count). The maximum atomic E-state index is 13.1. The van der Waals surface area contributed by atoms with Gasteiger partial charge in [-0.2, -0.15) is 0 Å². The van der Waals surface area contributed by atoms with E-state index in [1.807, 2.05) is 24.3 Å². The van der Waals surface area contributed by atoms with Crippen LogP contribution in [0.15, 0.2) is 42.5 Å². The van der Waals surface area contributed by atoms with Gasteiger partial charge in [0.2, 0.25) is 0 Å². The fourth-order valence-corrected chi connectivity index (χ4v) is 2.14. The summed E-state index contributed by atoms with van der Waals surface area (Å²) in [5.74, 6) is -0.322. The van der Waals surface area contributed by atoms with Gasteiger partial charge >= 0.3 is 0 Å². The second-order valence-corrected chi connectivity index (χ2v) is 4.82. The van der Waals surface area contributed by atoms with Gasteiger partial charge in [0.25, 0.3) is 0 Å². The fourth-order valence-electron chi connectivity index (χ4n) is 1.70. The maximum absolute atomic E-state index is 13.1. The van der Waals surface area contributed by atoms with Gasteiger partial charge in [-0.25, -0.2) is 4.39 Å². The van der Waals surface area contributed by atoms with E-state index in [1.165, 1.54) is 12.1 Å². The first-order valence-corrected chi connectivity index (χ1v) is 6.30. The average molecular weight is 284 g/mol. The zero-order valence-corrected chi connectivity index (χ0v) is 11.1. The fraction of sp³-hybridized carbons (Fsp3) is 0.143. The lowest BCUT2D eigenvalue weighted by atomic mass is 10.2. The number of nitrogens with one attached hydrogen (secondary N) is 1. The molecule has 0 amide bonds. The molecule has 0 aliphatic rings. The molecule has 94 valence electrons. The Balaban J connectivity index is 1.94. The Morgan fingerprint density at radius 1 is 1.00 bits per heavy atom. The molecule has 2 aromatic carbocycles. The van der Waals surface area contributed by atoms with Gasteiger partial charge < -0.3 is 5.32 Å². The van der Waals surface area contributed by atoms with Crippen LogP contribution in [-0.4, -0.2) is 0 Å².